The Labute approximate surface area is 151 Å². The number of carboxylic acids is 1. The molecule has 1 aliphatic heterocycles. The first-order valence-corrected chi connectivity index (χ1v) is 8.52. The highest BCUT2D eigenvalue weighted by Gasteiger charge is 2.25. The average molecular weight is 355 g/mol. The predicted molar refractivity (Wildman–Crippen MR) is 97.4 cm³/mol. The Balaban J connectivity index is 1.49. The lowest BCUT2D eigenvalue weighted by atomic mass is 9.95. The van der Waals surface area contributed by atoms with Crippen molar-refractivity contribution in [1.29, 1.82) is 0 Å². The van der Waals surface area contributed by atoms with Gasteiger partial charge in [-0.3, -0.25) is 9.78 Å². The minimum Gasteiger partial charge on any atom is -0.482 e. The van der Waals surface area contributed by atoms with Gasteiger partial charge in [0, 0.05) is 42.8 Å². The van der Waals surface area contributed by atoms with Crippen molar-refractivity contribution in [2.75, 3.05) is 29.9 Å². The van der Waals surface area contributed by atoms with Crippen molar-refractivity contribution in [3.63, 3.8) is 0 Å². The van der Waals surface area contributed by atoms with Crippen LogP contribution in [0.3, 0.4) is 0 Å². The second-order valence-corrected chi connectivity index (χ2v) is 6.16. The van der Waals surface area contributed by atoms with Crippen molar-refractivity contribution < 1.29 is 19.4 Å². The van der Waals surface area contributed by atoms with Gasteiger partial charge in [0.2, 0.25) is 5.91 Å². The lowest BCUT2D eigenvalue weighted by Crippen LogP contribution is -2.38. The first-order chi connectivity index (χ1) is 12.6. The number of rotatable bonds is 6. The topological polar surface area (TPSA) is 91.8 Å². The Morgan fingerprint density at radius 1 is 1.12 bits per heavy atom. The molecule has 26 heavy (non-hydrogen) atoms. The molecule has 7 nitrogen and oxygen atoms in total. The number of carbonyl (C=O) groups excluding carboxylic acids is 1. The maximum atomic E-state index is 12.5. The maximum Gasteiger partial charge on any atom is 0.341 e. The summed E-state index contributed by atoms with van der Waals surface area (Å²) in [5, 5.41) is 11.5. The molecule has 0 aliphatic carbocycles. The van der Waals surface area contributed by atoms with Gasteiger partial charge in [-0.25, -0.2) is 4.79 Å². The molecule has 0 bridgehead atoms. The van der Waals surface area contributed by atoms with Gasteiger partial charge in [-0.15, -0.1) is 0 Å². The maximum absolute atomic E-state index is 12.5. The Bertz CT molecular complexity index is 741. The van der Waals surface area contributed by atoms with Gasteiger partial charge in [0.1, 0.15) is 5.75 Å². The van der Waals surface area contributed by atoms with E-state index >= 15 is 0 Å². The van der Waals surface area contributed by atoms with E-state index in [4.69, 9.17) is 9.84 Å². The molecule has 1 aromatic heterocycles. The van der Waals surface area contributed by atoms with E-state index in [-0.39, 0.29) is 18.4 Å². The van der Waals surface area contributed by atoms with E-state index in [9.17, 15) is 9.59 Å². The molecule has 1 saturated heterocycles. The zero-order valence-electron chi connectivity index (χ0n) is 14.3. The average Bonchev–Trinajstić information content (AvgIpc) is 2.68. The molecular formula is C19H21N3O4. The molecule has 2 heterocycles. The highest BCUT2D eigenvalue weighted by molar-refractivity contribution is 5.92. The standard InChI is InChI=1S/C19H21N3O4/c23-18(24)13-26-17-3-1-15(2-4-17)21-19(25)14-7-11-22(12-8-14)16-5-9-20-10-6-16/h1-6,9-10,14H,7-8,11-13H2,(H,21,25)(H,23,24). The zero-order valence-corrected chi connectivity index (χ0v) is 14.3. The van der Waals surface area contributed by atoms with Crippen molar-refractivity contribution >= 4 is 23.3 Å². The van der Waals surface area contributed by atoms with E-state index < -0.39 is 5.97 Å². The van der Waals surface area contributed by atoms with Crippen LogP contribution in [-0.4, -0.2) is 41.7 Å². The quantitative estimate of drug-likeness (QED) is 0.827. The van der Waals surface area contributed by atoms with E-state index in [2.05, 4.69) is 15.2 Å². The monoisotopic (exact) mass is 355 g/mol. The van der Waals surface area contributed by atoms with Crippen LogP contribution in [0.15, 0.2) is 48.8 Å². The fraction of sp³-hybridized carbons (Fsp3) is 0.316. The smallest absolute Gasteiger partial charge is 0.341 e. The normalized spacial score (nSPS) is 14.7. The number of benzene rings is 1. The number of anilines is 2. The third-order valence-corrected chi connectivity index (χ3v) is 4.38. The number of ether oxygens (including phenoxy) is 1. The summed E-state index contributed by atoms with van der Waals surface area (Å²) >= 11 is 0. The van der Waals surface area contributed by atoms with Crippen LogP contribution in [0.1, 0.15) is 12.8 Å². The van der Waals surface area contributed by atoms with Gasteiger partial charge in [-0.1, -0.05) is 0 Å². The Morgan fingerprint density at radius 2 is 1.77 bits per heavy atom. The van der Waals surface area contributed by atoms with Crippen molar-refractivity contribution in [3.05, 3.63) is 48.8 Å². The number of carbonyl (C=O) groups is 2. The molecule has 1 fully saturated rings. The van der Waals surface area contributed by atoms with Crippen molar-refractivity contribution in [2.24, 2.45) is 5.92 Å². The van der Waals surface area contributed by atoms with E-state index in [0.29, 0.717) is 11.4 Å². The summed E-state index contributed by atoms with van der Waals surface area (Å²) in [6.07, 6.45) is 5.15. The van der Waals surface area contributed by atoms with Crippen molar-refractivity contribution in [2.45, 2.75) is 12.8 Å². The molecule has 7 heteroatoms. The highest BCUT2D eigenvalue weighted by Crippen LogP contribution is 2.24. The number of hydrogen-bond donors (Lipinski definition) is 2. The van der Waals surface area contributed by atoms with Crippen LogP contribution >= 0.6 is 0 Å². The molecule has 1 amide bonds. The molecule has 0 atom stereocenters. The number of pyridine rings is 1. The minimum absolute atomic E-state index is 0.0126. The lowest BCUT2D eigenvalue weighted by molar-refractivity contribution is -0.139. The Kier molecular flexibility index (Phi) is 5.68. The fourth-order valence-corrected chi connectivity index (χ4v) is 2.98. The van der Waals surface area contributed by atoms with E-state index in [0.717, 1.165) is 31.6 Å². The number of nitrogens with zero attached hydrogens (tertiary/aromatic N) is 2. The molecule has 2 N–H and O–H groups in total. The molecule has 0 spiro atoms. The molecule has 0 unspecified atom stereocenters. The molecule has 0 radical (unpaired) electrons. The molecule has 0 saturated carbocycles. The molecule has 1 aliphatic rings. The number of piperidine rings is 1. The highest BCUT2D eigenvalue weighted by atomic mass is 16.5. The van der Waals surface area contributed by atoms with Gasteiger partial charge in [-0.2, -0.15) is 0 Å². The van der Waals surface area contributed by atoms with Crippen LogP contribution in [0, 0.1) is 5.92 Å². The van der Waals surface area contributed by atoms with Crippen LogP contribution in [0.5, 0.6) is 5.75 Å². The molecular weight excluding hydrogens is 334 g/mol. The Morgan fingerprint density at radius 3 is 2.38 bits per heavy atom. The first-order valence-electron chi connectivity index (χ1n) is 8.52. The first kappa shape index (κ1) is 17.7. The second kappa shape index (κ2) is 8.33. The van der Waals surface area contributed by atoms with Crippen molar-refractivity contribution in [1.82, 2.24) is 4.98 Å². The van der Waals surface area contributed by atoms with Gasteiger partial charge in [0.05, 0.1) is 0 Å². The van der Waals surface area contributed by atoms with Crippen LogP contribution in [0.2, 0.25) is 0 Å². The van der Waals surface area contributed by atoms with Crippen LogP contribution < -0.4 is 15.0 Å². The van der Waals surface area contributed by atoms with Gasteiger partial charge < -0.3 is 20.1 Å². The van der Waals surface area contributed by atoms with E-state index in [1.165, 1.54) is 0 Å². The zero-order chi connectivity index (χ0) is 18.4. The Hall–Kier alpha value is -3.09. The summed E-state index contributed by atoms with van der Waals surface area (Å²) in [5.41, 5.74) is 1.81. The molecule has 1 aromatic carbocycles. The second-order valence-electron chi connectivity index (χ2n) is 6.16. The summed E-state index contributed by atoms with van der Waals surface area (Å²) in [7, 11) is 0. The largest absolute Gasteiger partial charge is 0.482 e. The number of amides is 1. The summed E-state index contributed by atoms with van der Waals surface area (Å²) in [6, 6.07) is 10.7. The minimum atomic E-state index is -1.03. The lowest BCUT2D eigenvalue weighted by Gasteiger charge is -2.32. The van der Waals surface area contributed by atoms with Crippen LogP contribution in [-0.2, 0) is 9.59 Å². The molecule has 136 valence electrons. The number of carboxylic acid groups (broad SMARTS) is 1. The number of hydrogen-bond acceptors (Lipinski definition) is 5. The molecule has 3 rings (SSSR count). The summed E-state index contributed by atoms with van der Waals surface area (Å²) in [5.74, 6) is -0.578. The summed E-state index contributed by atoms with van der Waals surface area (Å²) < 4.78 is 5.08. The van der Waals surface area contributed by atoms with Crippen molar-refractivity contribution in [3.8, 4) is 5.75 Å². The third-order valence-electron chi connectivity index (χ3n) is 4.38. The van der Waals surface area contributed by atoms with Crippen LogP contribution in [0.4, 0.5) is 11.4 Å². The third kappa shape index (κ3) is 4.72. The van der Waals surface area contributed by atoms with Gasteiger partial charge in [-0.05, 0) is 49.2 Å². The van der Waals surface area contributed by atoms with Gasteiger partial charge in [0.15, 0.2) is 6.61 Å². The number of aliphatic carboxylic acids is 1. The summed E-state index contributed by atoms with van der Waals surface area (Å²) in [4.78, 5) is 29.2. The SMILES string of the molecule is O=C(O)COc1ccc(NC(=O)C2CCN(c3ccncc3)CC2)cc1. The number of nitrogens with one attached hydrogen (secondary N) is 1. The molecule has 2 aromatic rings. The number of aromatic nitrogens is 1. The van der Waals surface area contributed by atoms with E-state index in [1.54, 1.807) is 36.7 Å². The predicted octanol–water partition coefficient (Wildman–Crippen LogP) is 2.40. The fourth-order valence-electron chi connectivity index (χ4n) is 2.98. The van der Waals surface area contributed by atoms with Gasteiger partial charge in [0.25, 0.3) is 0 Å². The van der Waals surface area contributed by atoms with E-state index in [1.807, 2.05) is 12.1 Å². The van der Waals surface area contributed by atoms with Crippen LogP contribution in [0.25, 0.3) is 0 Å². The summed E-state index contributed by atoms with van der Waals surface area (Å²) in [6.45, 7) is 1.29. The van der Waals surface area contributed by atoms with Gasteiger partial charge >= 0.3 is 5.97 Å².